The van der Waals surface area contributed by atoms with E-state index < -0.39 is 11.4 Å². The van der Waals surface area contributed by atoms with E-state index in [1.165, 1.54) is 0 Å². The molecule has 0 saturated heterocycles. The predicted octanol–water partition coefficient (Wildman–Crippen LogP) is 2.05. The third-order valence-electron chi connectivity index (χ3n) is 3.77. The standard InChI is InChI=1S/C14H17N3O2S/c15-12(18)14(16)7-3-4-9(8-14)20-13-17-10-5-1-2-6-11(10)19-13/h1-2,5-6,9H,3-4,7-8,16H2,(H2,15,18). The van der Waals surface area contributed by atoms with E-state index in [0.29, 0.717) is 18.1 Å². The average molecular weight is 291 g/mol. The summed E-state index contributed by atoms with van der Waals surface area (Å²) in [5.74, 6) is -0.416. The molecule has 1 aromatic heterocycles. The van der Waals surface area contributed by atoms with E-state index in [9.17, 15) is 4.79 Å². The Morgan fingerprint density at radius 3 is 3.00 bits per heavy atom. The van der Waals surface area contributed by atoms with Crippen molar-refractivity contribution in [2.24, 2.45) is 11.5 Å². The molecule has 106 valence electrons. The number of para-hydroxylation sites is 2. The van der Waals surface area contributed by atoms with E-state index >= 15 is 0 Å². The number of nitrogens with zero attached hydrogens (tertiary/aromatic N) is 1. The molecule has 6 heteroatoms. The number of benzene rings is 1. The topological polar surface area (TPSA) is 95.1 Å². The number of aromatic nitrogens is 1. The molecule has 2 unspecified atom stereocenters. The number of carbonyl (C=O) groups excluding carboxylic acids is 1. The van der Waals surface area contributed by atoms with Crippen molar-refractivity contribution in [2.45, 2.75) is 41.7 Å². The number of primary amides is 1. The first-order valence-corrected chi connectivity index (χ1v) is 7.56. The summed E-state index contributed by atoms with van der Waals surface area (Å²) in [5, 5.41) is 0.847. The van der Waals surface area contributed by atoms with Gasteiger partial charge < -0.3 is 15.9 Å². The van der Waals surface area contributed by atoms with Crippen LogP contribution in [0.2, 0.25) is 0 Å². The van der Waals surface area contributed by atoms with Gasteiger partial charge in [0.25, 0.3) is 5.22 Å². The zero-order valence-corrected chi connectivity index (χ0v) is 11.9. The third kappa shape index (κ3) is 2.53. The first-order chi connectivity index (χ1) is 9.57. The Balaban J connectivity index is 1.75. The fraction of sp³-hybridized carbons (Fsp3) is 0.429. The summed E-state index contributed by atoms with van der Waals surface area (Å²) in [6.45, 7) is 0. The SMILES string of the molecule is NC(=O)C1(N)CCCC(Sc2nc3ccccc3o2)C1. The van der Waals surface area contributed by atoms with Gasteiger partial charge in [-0.3, -0.25) is 4.79 Å². The molecule has 20 heavy (non-hydrogen) atoms. The molecule has 1 aliphatic rings. The van der Waals surface area contributed by atoms with Crippen LogP contribution in [0.15, 0.2) is 33.9 Å². The number of hydrogen-bond acceptors (Lipinski definition) is 5. The first-order valence-electron chi connectivity index (χ1n) is 6.68. The van der Waals surface area contributed by atoms with Crippen molar-refractivity contribution >= 4 is 28.8 Å². The third-order valence-corrected chi connectivity index (χ3v) is 4.89. The Morgan fingerprint density at radius 2 is 2.25 bits per heavy atom. The van der Waals surface area contributed by atoms with Crippen LogP contribution in [0, 0.1) is 0 Å². The summed E-state index contributed by atoms with van der Waals surface area (Å²) in [4.78, 5) is 15.9. The van der Waals surface area contributed by atoms with Crippen LogP contribution in [-0.4, -0.2) is 21.7 Å². The second kappa shape index (κ2) is 5.10. The second-order valence-electron chi connectivity index (χ2n) is 5.30. The normalized spacial score (nSPS) is 26.8. The Morgan fingerprint density at radius 1 is 1.45 bits per heavy atom. The highest BCUT2D eigenvalue weighted by Gasteiger charge is 2.38. The van der Waals surface area contributed by atoms with Crippen LogP contribution in [0.4, 0.5) is 0 Å². The van der Waals surface area contributed by atoms with Crippen LogP contribution in [-0.2, 0) is 4.79 Å². The summed E-state index contributed by atoms with van der Waals surface area (Å²) in [5.41, 5.74) is 12.2. The van der Waals surface area contributed by atoms with Crippen molar-refractivity contribution in [3.63, 3.8) is 0 Å². The van der Waals surface area contributed by atoms with Crippen LogP contribution >= 0.6 is 11.8 Å². The highest BCUT2D eigenvalue weighted by Crippen LogP contribution is 2.37. The molecule has 1 fully saturated rings. The van der Waals surface area contributed by atoms with Crippen molar-refractivity contribution in [3.8, 4) is 0 Å². The maximum Gasteiger partial charge on any atom is 0.257 e. The smallest absolute Gasteiger partial charge is 0.257 e. The van der Waals surface area contributed by atoms with Gasteiger partial charge in [-0.1, -0.05) is 23.9 Å². The minimum atomic E-state index is -0.887. The fourth-order valence-electron chi connectivity index (χ4n) is 2.62. The van der Waals surface area contributed by atoms with E-state index in [2.05, 4.69) is 4.98 Å². The van der Waals surface area contributed by atoms with E-state index in [0.717, 1.165) is 23.9 Å². The molecule has 3 rings (SSSR count). The summed E-state index contributed by atoms with van der Waals surface area (Å²) in [7, 11) is 0. The molecule has 1 saturated carbocycles. The largest absolute Gasteiger partial charge is 0.431 e. The lowest BCUT2D eigenvalue weighted by Crippen LogP contribution is -2.55. The molecule has 5 nitrogen and oxygen atoms in total. The highest BCUT2D eigenvalue weighted by molar-refractivity contribution is 7.99. The maximum atomic E-state index is 11.5. The van der Waals surface area contributed by atoms with Crippen LogP contribution < -0.4 is 11.5 Å². The molecule has 1 amide bonds. The van der Waals surface area contributed by atoms with Crippen LogP contribution in [0.1, 0.15) is 25.7 Å². The lowest BCUT2D eigenvalue weighted by atomic mass is 9.82. The van der Waals surface area contributed by atoms with Crippen LogP contribution in [0.5, 0.6) is 0 Å². The minimum absolute atomic E-state index is 0.217. The van der Waals surface area contributed by atoms with Crippen molar-refractivity contribution in [2.75, 3.05) is 0 Å². The van der Waals surface area contributed by atoms with Gasteiger partial charge in [0.05, 0.1) is 5.54 Å². The lowest BCUT2D eigenvalue weighted by molar-refractivity contribution is -0.124. The van der Waals surface area contributed by atoms with Gasteiger partial charge in [-0.2, -0.15) is 0 Å². The molecule has 1 aliphatic carbocycles. The van der Waals surface area contributed by atoms with Gasteiger partial charge in [0.1, 0.15) is 5.52 Å². The summed E-state index contributed by atoms with van der Waals surface area (Å²) in [6.07, 6.45) is 3.13. The van der Waals surface area contributed by atoms with Gasteiger partial charge in [-0.05, 0) is 37.8 Å². The number of fused-ring (bicyclic) bond motifs is 1. The molecule has 1 aromatic carbocycles. The van der Waals surface area contributed by atoms with Crippen molar-refractivity contribution in [1.82, 2.24) is 4.98 Å². The second-order valence-corrected chi connectivity index (χ2v) is 6.56. The molecule has 4 N–H and O–H groups in total. The van der Waals surface area contributed by atoms with Gasteiger partial charge in [-0.15, -0.1) is 0 Å². The van der Waals surface area contributed by atoms with Crippen molar-refractivity contribution in [3.05, 3.63) is 24.3 Å². The van der Waals surface area contributed by atoms with Gasteiger partial charge in [-0.25, -0.2) is 4.98 Å². The van der Waals surface area contributed by atoms with Gasteiger partial charge >= 0.3 is 0 Å². The monoisotopic (exact) mass is 291 g/mol. The van der Waals surface area contributed by atoms with E-state index in [-0.39, 0.29) is 5.25 Å². The van der Waals surface area contributed by atoms with Gasteiger partial charge in [0, 0.05) is 5.25 Å². The highest BCUT2D eigenvalue weighted by atomic mass is 32.2. The number of amides is 1. The first kappa shape index (κ1) is 13.5. The molecule has 0 bridgehead atoms. The number of oxazole rings is 1. The molecule has 1 heterocycles. The summed E-state index contributed by atoms with van der Waals surface area (Å²) < 4.78 is 5.69. The number of rotatable bonds is 3. The van der Waals surface area contributed by atoms with E-state index in [4.69, 9.17) is 15.9 Å². The van der Waals surface area contributed by atoms with Gasteiger partial charge in [0.15, 0.2) is 5.58 Å². The predicted molar refractivity (Wildman–Crippen MR) is 78.2 cm³/mol. The number of carbonyl (C=O) groups is 1. The van der Waals surface area contributed by atoms with Gasteiger partial charge in [0.2, 0.25) is 5.91 Å². The molecule has 2 aromatic rings. The Labute approximate surface area is 121 Å². The minimum Gasteiger partial charge on any atom is -0.431 e. The molecule has 0 radical (unpaired) electrons. The molecule has 2 atom stereocenters. The van der Waals surface area contributed by atoms with Crippen molar-refractivity contribution in [1.29, 1.82) is 0 Å². The zero-order valence-electron chi connectivity index (χ0n) is 11.0. The average Bonchev–Trinajstić information content (AvgIpc) is 2.80. The Bertz CT molecular complexity index is 609. The fourth-order valence-corrected chi connectivity index (χ4v) is 3.86. The number of thioether (sulfide) groups is 1. The Hall–Kier alpha value is -1.53. The van der Waals surface area contributed by atoms with Crippen LogP contribution in [0.3, 0.4) is 0 Å². The van der Waals surface area contributed by atoms with Crippen LogP contribution in [0.25, 0.3) is 11.1 Å². The maximum absolute atomic E-state index is 11.5. The summed E-state index contributed by atoms with van der Waals surface area (Å²) in [6, 6.07) is 7.66. The summed E-state index contributed by atoms with van der Waals surface area (Å²) >= 11 is 1.54. The molecular formula is C14H17N3O2S. The Kier molecular flexibility index (Phi) is 3.43. The molecular weight excluding hydrogens is 274 g/mol. The number of hydrogen-bond donors (Lipinski definition) is 2. The van der Waals surface area contributed by atoms with E-state index in [1.54, 1.807) is 11.8 Å². The molecule has 0 aliphatic heterocycles. The quantitative estimate of drug-likeness (QED) is 0.902. The van der Waals surface area contributed by atoms with Crippen molar-refractivity contribution < 1.29 is 9.21 Å². The number of nitrogens with two attached hydrogens (primary N) is 2. The lowest BCUT2D eigenvalue weighted by Gasteiger charge is -2.34. The van der Waals surface area contributed by atoms with E-state index in [1.807, 2.05) is 24.3 Å². The zero-order chi connectivity index (χ0) is 14.2. The molecule has 0 spiro atoms.